The topological polar surface area (TPSA) is 42.0 Å². The van der Waals surface area contributed by atoms with Crippen LogP contribution in [-0.2, 0) is 4.79 Å². The molecule has 0 aliphatic heterocycles. The minimum absolute atomic E-state index is 0.0378. The predicted octanol–water partition coefficient (Wildman–Crippen LogP) is 3.17. The summed E-state index contributed by atoms with van der Waals surface area (Å²) in [5.41, 5.74) is 0.723. The van der Waals surface area contributed by atoms with Crippen LogP contribution in [0.2, 0.25) is 0 Å². The van der Waals surface area contributed by atoms with Gasteiger partial charge in [-0.15, -0.1) is 0 Å². The number of hydrogen-bond donors (Lipinski definition) is 1. The van der Waals surface area contributed by atoms with Crippen molar-refractivity contribution in [1.29, 1.82) is 0 Å². The van der Waals surface area contributed by atoms with Crippen molar-refractivity contribution < 1.29 is 9.18 Å². The van der Waals surface area contributed by atoms with Crippen LogP contribution in [0.3, 0.4) is 0 Å². The van der Waals surface area contributed by atoms with Crippen LogP contribution < -0.4 is 5.32 Å². The van der Waals surface area contributed by atoms with Crippen LogP contribution in [0.4, 0.5) is 9.52 Å². The van der Waals surface area contributed by atoms with Crippen molar-refractivity contribution in [1.82, 2.24) is 4.98 Å². The van der Waals surface area contributed by atoms with Crippen molar-refractivity contribution in [2.45, 2.75) is 19.3 Å². The molecule has 2 aromatic rings. The van der Waals surface area contributed by atoms with Crippen LogP contribution in [0, 0.1) is 11.7 Å². The molecule has 0 atom stereocenters. The molecule has 1 amide bonds. The molecule has 1 N–H and O–H groups in total. The molecule has 1 aliphatic rings. The van der Waals surface area contributed by atoms with E-state index in [9.17, 15) is 9.18 Å². The highest BCUT2D eigenvalue weighted by Crippen LogP contribution is 2.30. The van der Waals surface area contributed by atoms with E-state index in [0.717, 1.165) is 29.5 Å². The first kappa shape index (κ1) is 10.7. The lowest BCUT2D eigenvalue weighted by atomic mass is 9.85. The van der Waals surface area contributed by atoms with E-state index in [4.69, 9.17) is 0 Å². The number of fused-ring (bicyclic) bond motifs is 1. The molecule has 1 saturated carbocycles. The number of aromatic nitrogens is 1. The number of halogens is 1. The van der Waals surface area contributed by atoms with Crippen molar-refractivity contribution in [3.05, 3.63) is 24.0 Å². The molecule has 1 aliphatic carbocycles. The summed E-state index contributed by atoms with van der Waals surface area (Å²) < 4.78 is 13.8. The minimum Gasteiger partial charge on any atom is -0.302 e. The lowest BCUT2D eigenvalue weighted by Gasteiger charge is -2.23. The Bertz CT molecular complexity index is 577. The van der Waals surface area contributed by atoms with Gasteiger partial charge < -0.3 is 5.32 Å². The quantitative estimate of drug-likeness (QED) is 0.889. The number of amides is 1. The standard InChI is InChI=1S/C12H11FN2OS/c13-8-4-5-9-10(6-8)17-12(14-9)15-11(16)7-2-1-3-7/h4-7H,1-3H2,(H,14,15,16). The van der Waals surface area contributed by atoms with Crippen LogP contribution in [-0.4, -0.2) is 10.9 Å². The van der Waals surface area contributed by atoms with Crippen LogP contribution in [0.15, 0.2) is 18.2 Å². The van der Waals surface area contributed by atoms with Crippen molar-refractivity contribution in [2.75, 3.05) is 5.32 Å². The Balaban J connectivity index is 1.83. The van der Waals surface area contributed by atoms with Gasteiger partial charge in [0.1, 0.15) is 5.82 Å². The molecule has 1 aromatic carbocycles. The third-order valence-corrected chi connectivity index (χ3v) is 3.99. The molecule has 0 unspecified atom stereocenters. The molecular weight excluding hydrogens is 239 g/mol. The summed E-state index contributed by atoms with van der Waals surface area (Å²) in [6.07, 6.45) is 3.06. The van der Waals surface area contributed by atoms with Crippen molar-refractivity contribution in [3.63, 3.8) is 0 Å². The maximum atomic E-state index is 13.0. The molecule has 1 fully saturated rings. The maximum Gasteiger partial charge on any atom is 0.229 e. The summed E-state index contributed by atoms with van der Waals surface area (Å²) in [7, 11) is 0. The third kappa shape index (κ3) is 2.02. The average Bonchev–Trinajstić information content (AvgIpc) is 2.55. The average molecular weight is 250 g/mol. The monoisotopic (exact) mass is 250 g/mol. The van der Waals surface area contributed by atoms with Crippen LogP contribution in [0.25, 0.3) is 10.2 Å². The number of benzene rings is 1. The molecule has 0 saturated heterocycles. The number of nitrogens with one attached hydrogen (secondary N) is 1. The molecule has 0 radical (unpaired) electrons. The molecule has 1 heterocycles. The van der Waals surface area contributed by atoms with E-state index in [2.05, 4.69) is 10.3 Å². The normalized spacial score (nSPS) is 15.8. The van der Waals surface area contributed by atoms with Gasteiger partial charge in [0.25, 0.3) is 0 Å². The van der Waals surface area contributed by atoms with Gasteiger partial charge in [-0.3, -0.25) is 4.79 Å². The Labute approximate surface area is 102 Å². The summed E-state index contributed by atoms with van der Waals surface area (Å²) in [6.45, 7) is 0. The van der Waals surface area contributed by atoms with Gasteiger partial charge >= 0.3 is 0 Å². The van der Waals surface area contributed by atoms with Crippen molar-refractivity contribution in [2.24, 2.45) is 5.92 Å². The largest absolute Gasteiger partial charge is 0.302 e. The Kier molecular flexibility index (Phi) is 2.55. The van der Waals surface area contributed by atoms with Gasteiger partial charge in [0.15, 0.2) is 5.13 Å². The number of rotatable bonds is 2. The maximum absolute atomic E-state index is 13.0. The number of carbonyl (C=O) groups is 1. The molecule has 0 spiro atoms. The van der Waals surface area contributed by atoms with E-state index in [1.54, 1.807) is 6.07 Å². The highest BCUT2D eigenvalue weighted by atomic mass is 32.1. The first-order valence-corrected chi connectivity index (χ1v) is 6.41. The van der Waals surface area contributed by atoms with Crippen molar-refractivity contribution in [3.8, 4) is 0 Å². The third-order valence-electron chi connectivity index (χ3n) is 3.06. The zero-order valence-corrected chi connectivity index (χ0v) is 9.89. The van der Waals surface area contributed by atoms with Gasteiger partial charge in [0.05, 0.1) is 10.2 Å². The first-order chi connectivity index (χ1) is 8.22. The highest BCUT2D eigenvalue weighted by Gasteiger charge is 2.25. The molecule has 1 aromatic heterocycles. The van der Waals surface area contributed by atoms with E-state index in [1.807, 2.05) is 0 Å². The van der Waals surface area contributed by atoms with Gasteiger partial charge in [0.2, 0.25) is 5.91 Å². The number of hydrogen-bond acceptors (Lipinski definition) is 3. The number of thiazole rings is 1. The van der Waals surface area contributed by atoms with Gasteiger partial charge in [-0.1, -0.05) is 17.8 Å². The van der Waals surface area contributed by atoms with E-state index in [1.165, 1.54) is 23.5 Å². The molecule has 17 heavy (non-hydrogen) atoms. The molecule has 5 heteroatoms. The predicted molar refractivity (Wildman–Crippen MR) is 65.5 cm³/mol. The smallest absolute Gasteiger partial charge is 0.229 e. The summed E-state index contributed by atoms with van der Waals surface area (Å²) in [5, 5.41) is 3.36. The van der Waals surface area contributed by atoms with Gasteiger partial charge in [-0.25, -0.2) is 9.37 Å². The van der Waals surface area contributed by atoms with Crippen LogP contribution in [0.1, 0.15) is 19.3 Å². The highest BCUT2D eigenvalue weighted by molar-refractivity contribution is 7.22. The van der Waals surface area contributed by atoms with E-state index in [-0.39, 0.29) is 17.6 Å². The number of carbonyl (C=O) groups excluding carboxylic acids is 1. The summed E-state index contributed by atoms with van der Waals surface area (Å²) >= 11 is 1.31. The fraction of sp³-hybridized carbons (Fsp3) is 0.333. The number of anilines is 1. The second kappa shape index (κ2) is 4.07. The van der Waals surface area contributed by atoms with Gasteiger partial charge in [0, 0.05) is 5.92 Å². The Morgan fingerprint density at radius 2 is 2.29 bits per heavy atom. The summed E-state index contributed by atoms with van der Waals surface area (Å²) in [6, 6.07) is 4.44. The van der Waals surface area contributed by atoms with E-state index < -0.39 is 0 Å². The molecule has 88 valence electrons. The zero-order chi connectivity index (χ0) is 11.8. The zero-order valence-electron chi connectivity index (χ0n) is 9.07. The Hall–Kier alpha value is -1.49. The van der Waals surface area contributed by atoms with E-state index >= 15 is 0 Å². The SMILES string of the molecule is O=C(Nc1nc2ccc(F)cc2s1)C1CCC1. The second-order valence-electron chi connectivity index (χ2n) is 4.25. The molecule has 0 bridgehead atoms. The number of nitrogens with zero attached hydrogens (tertiary/aromatic N) is 1. The lowest BCUT2D eigenvalue weighted by molar-refractivity contribution is -0.122. The summed E-state index contributed by atoms with van der Waals surface area (Å²) in [5.74, 6) is -0.104. The van der Waals surface area contributed by atoms with Crippen LogP contribution >= 0.6 is 11.3 Å². The van der Waals surface area contributed by atoms with Gasteiger partial charge in [-0.05, 0) is 31.0 Å². The minimum atomic E-state index is -0.280. The van der Waals surface area contributed by atoms with E-state index in [0.29, 0.717) is 5.13 Å². The molecule has 3 rings (SSSR count). The second-order valence-corrected chi connectivity index (χ2v) is 5.28. The van der Waals surface area contributed by atoms with Crippen LogP contribution in [0.5, 0.6) is 0 Å². The fourth-order valence-electron chi connectivity index (χ4n) is 1.83. The summed E-state index contributed by atoms with van der Waals surface area (Å²) in [4.78, 5) is 16.0. The fourth-order valence-corrected chi connectivity index (χ4v) is 2.72. The first-order valence-electron chi connectivity index (χ1n) is 5.59. The Morgan fingerprint density at radius 1 is 1.47 bits per heavy atom. The molecule has 3 nitrogen and oxygen atoms in total. The van der Waals surface area contributed by atoms with Gasteiger partial charge in [-0.2, -0.15) is 0 Å². The lowest BCUT2D eigenvalue weighted by Crippen LogP contribution is -2.27. The Morgan fingerprint density at radius 3 is 3.00 bits per heavy atom. The van der Waals surface area contributed by atoms with Crippen molar-refractivity contribution >= 4 is 32.6 Å². The molecular formula is C12H11FN2OS.